The van der Waals surface area contributed by atoms with Crippen LogP contribution in [0.3, 0.4) is 0 Å². The van der Waals surface area contributed by atoms with E-state index >= 15 is 0 Å². The molecule has 0 amide bonds. The first kappa shape index (κ1) is 20.5. The molecule has 2 rings (SSSR count). The molecule has 0 saturated carbocycles. The van der Waals surface area contributed by atoms with Crippen molar-refractivity contribution in [1.29, 1.82) is 0 Å². The topological polar surface area (TPSA) is 87.8 Å². The molecule has 1 aromatic rings. The van der Waals surface area contributed by atoms with Crippen LogP contribution in [0.5, 0.6) is 0 Å². The summed E-state index contributed by atoms with van der Waals surface area (Å²) in [6.45, 7) is 0.693. The fourth-order valence-corrected chi connectivity index (χ4v) is 3.73. The molecule has 1 fully saturated rings. The maximum Gasteiger partial charge on any atom is 0.511 e. The van der Waals surface area contributed by atoms with Gasteiger partial charge in [0.05, 0.1) is 0 Å². The van der Waals surface area contributed by atoms with E-state index in [1.165, 1.54) is 5.56 Å². The summed E-state index contributed by atoms with van der Waals surface area (Å²) in [6.07, 6.45) is 1.46. The number of hydrogen-bond donors (Lipinski definition) is 2. The van der Waals surface area contributed by atoms with Gasteiger partial charge in [0.15, 0.2) is 5.96 Å². The van der Waals surface area contributed by atoms with Gasteiger partial charge in [-0.05, 0) is 30.7 Å². The first-order chi connectivity index (χ1) is 12.2. The minimum Gasteiger partial charge on any atom is -0.370 e. The number of benzene rings is 1. The molecule has 0 radical (unpaired) electrons. The Morgan fingerprint density at radius 2 is 1.85 bits per heavy atom. The first-order valence-corrected chi connectivity index (χ1v) is 9.78. The molecule has 0 bridgehead atoms. The highest BCUT2D eigenvalue weighted by atomic mass is 32.2. The molecule has 1 aliphatic heterocycles. The van der Waals surface area contributed by atoms with Gasteiger partial charge in [-0.3, -0.25) is 4.99 Å². The van der Waals surface area contributed by atoms with E-state index in [2.05, 4.69) is 10.3 Å². The molecule has 1 heterocycles. The summed E-state index contributed by atoms with van der Waals surface area (Å²) < 4.78 is 60.8. The van der Waals surface area contributed by atoms with Crippen molar-refractivity contribution in [3.05, 3.63) is 35.9 Å². The van der Waals surface area contributed by atoms with Gasteiger partial charge in [0.2, 0.25) is 0 Å². The third kappa shape index (κ3) is 5.60. The molecule has 0 atom stereocenters. The van der Waals surface area contributed by atoms with E-state index in [0.717, 1.165) is 6.42 Å². The number of piperidine rings is 1. The fraction of sp³-hybridized carbons (Fsp3) is 0.562. The lowest BCUT2D eigenvalue weighted by molar-refractivity contribution is -0.0496. The average molecular weight is 392 g/mol. The predicted molar refractivity (Wildman–Crippen MR) is 93.9 cm³/mol. The number of hydrogen-bond acceptors (Lipinski definition) is 3. The van der Waals surface area contributed by atoms with Crippen molar-refractivity contribution in [3.63, 3.8) is 0 Å². The number of alkyl halides is 3. The SMILES string of the molecule is NC(=NCC1CCN(S(=O)(=O)C(F)(F)F)CC1)NCCc1ccccc1. The van der Waals surface area contributed by atoms with Crippen LogP contribution < -0.4 is 11.1 Å². The zero-order chi connectivity index (χ0) is 19.2. The van der Waals surface area contributed by atoms with E-state index in [4.69, 9.17) is 5.73 Å². The quantitative estimate of drug-likeness (QED) is 0.570. The number of nitrogens with zero attached hydrogens (tertiary/aromatic N) is 2. The van der Waals surface area contributed by atoms with E-state index in [0.29, 0.717) is 30.2 Å². The van der Waals surface area contributed by atoms with Crippen molar-refractivity contribution in [2.45, 2.75) is 24.8 Å². The molecule has 0 aliphatic carbocycles. The van der Waals surface area contributed by atoms with Crippen molar-refractivity contribution in [3.8, 4) is 0 Å². The van der Waals surface area contributed by atoms with Crippen LogP contribution in [0.15, 0.2) is 35.3 Å². The third-order valence-electron chi connectivity index (χ3n) is 4.29. The van der Waals surface area contributed by atoms with Gasteiger partial charge in [-0.2, -0.15) is 17.5 Å². The Labute approximate surface area is 151 Å². The minimum atomic E-state index is -5.24. The maximum absolute atomic E-state index is 12.5. The van der Waals surface area contributed by atoms with Crippen LogP contribution in [0.25, 0.3) is 0 Å². The largest absolute Gasteiger partial charge is 0.511 e. The second-order valence-corrected chi connectivity index (χ2v) is 8.11. The van der Waals surface area contributed by atoms with Crippen molar-refractivity contribution in [1.82, 2.24) is 9.62 Å². The number of sulfonamides is 1. The first-order valence-electron chi connectivity index (χ1n) is 8.34. The Morgan fingerprint density at radius 1 is 1.23 bits per heavy atom. The Bertz CT molecular complexity index is 700. The standard InChI is InChI=1S/C16H23F3N4O2S/c17-16(18,19)26(24,25)23-10-7-14(8-11-23)12-22-15(20)21-9-6-13-4-2-1-3-5-13/h1-5,14H,6-12H2,(H3,20,21,22). The van der Waals surface area contributed by atoms with Crippen LogP contribution in [0.4, 0.5) is 13.2 Å². The van der Waals surface area contributed by atoms with Crippen molar-refractivity contribution in [2.75, 3.05) is 26.2 Å². The second kappa shape index (κ2) is 8.72. The molecular weight excluding hydrogens is 369 g/mol. The van der Waals surface area contributed by atoms with Crippen LogP contribution in [0.2, 0.25) is 0 Å². The monoisotopic (exact) mass is 392 g/mol. The average Bonchev–Trinajstić information content (AvgIpc) is 2.60. The van der Waals surface area contributed by atoms with Gasteiger partial charge in [-0.25, -0.2) is 8.42 Å². The highest BCUT2D eigenvalue weighted by molar-refractivity contribution is 7.90. The zero-order valence-electron chi connectivity index (χ0n) is 14.2. The number of rotatable bonds is 6. The summed E-state index contributed by atoms with van der Waals surface area (Å²) in [5.41, 5.74) is 1.72. The van der Waals surface area contributed by atoms with Gasteiger partial charge >= 0.3 is 15.5 Å². The van der Waals surface area contributed by atoms with E-state index in [1.807, 2.05) is 30.3 Å². The normalized spacial score (nSPS) is 18.0. The minimum absolute atomic E-state index is 0.0177. The predicted octanol–water partition coefficient (Wildman–Crippen LogP) is 1.69. The molecular formula is C16H23F3N4O2S. The smallest absolute Gasteiger partial charge is 0.370 e. The Morgan fingerprint density at radius 3 is 2.42 bits per heavy atom. The van der Waals surface area contributed by atoms with Gasteiger partial charge in [-0.1, -0.05) is 30.3 Å². The molecule has 1 aliphatic rings. The second-order valence-electron chi connectivity index (χ2n) is 6.18. The number of nitrogens with one attached hydrogen (secondary N) is 1. The highest BCUT2D eigenvalue weighted by Crippen LogP contribution is 2.30. The summed E-state index contributed by atoms with van der Waals surface area (Å²) in [5, 5.41) is 3.00. The molecule has 0 aromatic heterocycles. The van der Waals surface area contributed by atoms with Crippen LogP contribution in [-0.2, 0) is 16.4 Å². The Hall–Kier alpha value is -1.81. The van der Waals surface area contributed by atoms with Crippen molar-refractivity contribution >= 4 is 16.0 Å². The van der Waals surface area contributed by atoms with Gasteiger partial charge in [-0.15, -0.1) is 0 Å². The number of halogens is 3. The molecule has 0 unspecified atom stereocenters. The van der Waals surface area contributed by atoms with E-state index in [1.54, 1.807) is 0 Å². The lowest BCUT2D eigenvalue weighted by atomic mass is 9.98. The Balaban J connectivity index is 1.72. The third-order valence-corrected chi connectivity index (χ3v) is 5.92. The van der Waals surface area contributed by atoms with Crippen LogP contribution in [0, 0.1) is 5.92 Å². The van der Waals surface area contributed by atoms with Crippen molar-refractivity contribution in [2.24, 2.45) is 16.6 Å². The molecule has 26 heavy (non-hydrogen) atoms. The number of guanidine groups is 1. The van der Waals surface area contributed by atoms with Crippen LogP contribution in [-0.4, -0.2) is 50.4 Å². The molecule has 1 aromatic carbocycles. The van der Waals surface area contributed by atoms with Crippen LogP contribution >= 0.6 is 0 Å². The molecule has 1 saturated heterocycles. The molecule has 146 valence electrons. The van der Waals surface area contributed by atoms with Gasteiger partial charge in [0, 0.05) is 26.2 Å². The van der Waals surface area contributed by atoms with Gasteiger partial charge < -0.3 is 11.1 Å². The van der Waals surface area contributed by atoms with E-state index < -0.39 is 15.5 Å². The fourth-order valence-electron chi connectivity index (χ4n) is 2.74. The molecule has 0 spiro atoms. The Kier molecular flexibility index (Phi) is 6.87. The van der Waals surface area contributed by atoms with E-state index in [-0.39, 0.29) is 25.0 Å². The number of nitrogens with two attached hydrogens (primary N) is 1. The van der Waals surface area contributed by atoms with E-state index in [9.17, 15) is 21.6 Å². The number of aliphatic imine (C=N–C) groups is 1. The highest BCUT2D eigenvalue weighted by Gasteiger charge is 2.50. The van der Waals surface area contributed by atoms with Gasteiger partial charge in [0.1, 0.15) is 0 Å². The van der Waals surface area contributed by atoms with Crippen LogP contribution in [0.1, 0.15) is 18.4 Å². The summed E-state index contributed by atoms with van der Waals surface area (Å²) in [5.74, 6) is 0.301. The summed E-state index contributed by atoms with van der Waals surface area (Å²) in [6, 6.07) is 9.88. The lowest BCUT2D eigenvalue weighted by Crippen LogP contribution is -2.45. The van der Waals surface area contributed by atoms with Gasteiger partial charge in [0.25, 0.3) is 0 Å². The molecule has 3 N–H and O–H groups in total. The zero-order valence-corrected chi connectivity index (χ0v) is 15.1. The molecule has 10 heteroatoms. The maximum atomic E-state index is 12.5. The summed E-state index contributed by atoms with van der Waals surface area (Å²) in [7, 11) is -5.23. The summed E-state index contributed by atoms with van der Waals surface area (Å²) in [4.78, 5) is 4.21. The molecule has 6 nitrogen and oxygen atoms in total. The lowest BCUT2D eigenvalue weighted by Gasteiger charge is -2.30. The summed E-state index contributed by atoms with van der Waals surface area (Å²) >= 11 is 0. The van der Waals surface area contributed by atoms with Crippen molar-refractivity contribution < 1.29 is 21.6 Å².